The Bertz CT molecular complexity index is 297. The van der Waals surface area contributed by atoms with E-state index in [4.69, 9.17) is 15.2 Å². The Morgan fingerprint density at radius 3 is 2.55 bits per heavy atom. The molecule has 20 heavy (non-hydrogen) atoms. The fraction of sp³-hybridized carbons (Fsp3) is 0.933. The van der Waals surface area contributed by atoms with Crippen molar-refractivity contribution < 1.29 is 14.3 Å². The van der Waals surface area contributed by atoms with Gasteiger partial charge in [-0.3, -0.25) is 4.79 Å². The lowest BCUT2D eigenvalue weighted by Crippen LogP contribution is -2.53. The van der Waals surface area contributed by atoms with E-state index in [9.17, 15) is 4.79 Å². The Labute approximate surface area is 121 Å². The van der Waals surface area contributed by atoms with E-state index in [0.717, 1.165) is 12.8 Å². The summed E-state index contributed by atoms with van der Waals surface area (Å²) in [7, 11) is 1.64. The first kappa shape index (κ1) is 15.7. The predicted octanol–water partition coefficient (Wildman–Crippen LogP) is 1.06. The van der Waals surface area contributed by atoms with Crippen molar-refractivity contribution in [1.82, 2.24) is 5.32 Å². The molecule has 2 unspecified atom stereocenters. The number of methoxy groups -OCH3 is 1. The number of nitrogens with one attached hydrogen (secondary N) is 1. The average Bonchev–Trinajstić information content (AvgIpc) is 2.39. The Morgan fingerprint density at radius 1 is 1.20 bits per heavy atom. The van der Waals surface area contributed by atoms with Gasteiger partial charge in [0.15, 0.2) is 0 Å². The fourth-order valence-electron chi connectivity index (χ4n) is 3.69. The number of ether oxygens (including phenoxy) is 2. The van der Waals surface area contributed by atoms with Crippen molar-refractivity contribution in [2.24, 2.45) is 17.6 Å². The molecule has 2 atom stereocenters. The van der Waals surface area contributed by atoms with E-state index in [1.807, 2.05) is 0 Å². The topological polar surface area (TPSA) is 73.6 Å². The monoisotopic (exact) mass is 284 g/mol. The molecule has 0 spiro atoms. The van der Waals surface area contributed by atoms with Crippen LogP contribution in [0.3, 0.4) is 0 Å². The molecule has 2 fully saturated rings. The van der Waals surface area contributed by atoms with Gasteiger partial charge in [-0.1, -0.05) is 6.42 Å². The Kier molecular flexibility index (Phi) is 6.26. The summed E-state index contributed by atoms with van der Waals surface area (Å²) in [5.41, 5.74) is 6.10. The Balaban J connectivity index is 1.70. The average molecular weight is 284 g/mol. The number of hydrogen-bond donors (Lipinski definition) is 2. The SMILES string of the molecule is COCCOCCC(=O)NC1C2CCCC1CC(N)C2. The summed E-state index contributed by atoms with van der Waals surface area (Å²) >= 11 is 0. The van der Waals surface area contributed by atoms with Crippen LogP contribution in [0.15, 0.2) is 0 Å². The lowest BCUT2D eigenvalue weighted by Gasteiger charge is -2.45. The van der Waals surface area contributed by atoms with Gasteiger partial charge in [0.25, 0.3) is 0 Å². The highest BCUT2D eigenvalue weighted by Crippen LogP contribution is 2.39. The minimum atomic E-state index is 0.111. The first-order valence-electron chi connectivity index (χ1n) is 7.82. The van der Waals surface area contributed by atoms with Crippen molar-refractivity contribution in [3.8, 4) is 0 Å². The van der Waals surface area contributed by atoms with Crippen LogP contribution in [-0.2, 0) is 14.3 Å². The second kappa shape index (κ2) is 7.96. The zero-order valence-electron chi connectivity index (χ0n) is 12.5. The minimum absolute atomic E-state index is 0.111. The molecule has 2 bridgehead atoms. The highest BCUT2D eigenvalue weighted by Gasteiger charge is 2.39. The van der Waals surface area contributed by atoms with Crippen molar-refractivity contribution in [3.63, 3.8) is 0 Å². The van der Waals surface area contributed by atoms with Crippen LogP contribution in [0.25, 0.3) is 0 Å². The van der Waals surface area contributed by atoms with Crippen molar-refractivity contribution in [1.29, 1.82) is 0 Å². The van der Waals surface area contributed by atoms with Gasteiger partial charge in [0.1, 0.15) is 0 Å². The molecule has 0 aliphatic heterocycles. The summed E-state index contributed by atoms with van der Waals surface area (Å²) in [6, 6.07) is 0.672. The number of hydrogen-bond acceptors (Lipinski definition) is 4. The lowest BCUT2D eigenvalue weighted by atomic mass is 9.67. The van der Waals surface area contributed by atoms with E-state index in [2.05, 4.69) is 5.32 Å². The maximum absolute atomic E-state index is 12.0. The molecule has 3 N–H and O–H groups in total. The number of carbonyl (C=O) groups is 1. The molecule has 5 heteroatoms. The lowest BCUT2D eigenvalue weighted by molar-refractivity contribution is -0.124. The van der Waals surface area contributed by atoms with Gasteiger partial charge in [0.2, 0.25) is 5.91 Å². The van der Waals surface area contributed by atoms with Gasteiger partial charge in [-0.05, 0) is 37.5 Å². The Hall–Kier alpha value is -0.650. The number of rotatable bonds is 7. The van der Waals surface area contributed by atoms with Crippen LogP contribution in [-0.4, -0.2) is 44.9 Å². The van der Waals surface area contributed by atoms with Gasteiger partial charge in [0, 0.05) is 25.6 Å². The fourth-order valence-corrected chi connectivity index (χ4v) is 3.69. The predicted molar refractivity (Wildman–Crippen MR) is 77.3 cm³/mol. The first-order valence-corrected chi connectivity index (χ1v) is 7.82. The normalized spacial score (nSPS) is 32.9. The molecular formula is C15H28N2O3. The summed E-state index contributed by atoms with van der Waals surface area (Å²) in [6.45, 7) is 1.59. The van der Waals surface area contributed by atoms with Crippen LogP contribution in [0, 0.1) is 11.8 Å². The van der Waals surface area contributed by atoms with E-state index in [1.165, 1.54) is 19.3 Å². The van der Waals surface area contributed by atoms with E-state index in [-0.39, 0.29) is 5.91 Å². The van der Waals surface area contributed by atoms with Crippen LogP contribution in [0.4, 0.5) is 0 Å². The maximum atomic E-state index is 12.0. The van der Waals surface area contributed by atoms with Crippen LogP contribution >= 0.6 is 0 Å². The van der Waals surface area contributed by atoms with E-state index < -0.39 is 0 Å². The van der Waals surface area contributed by atoms with Crippen LogP contribution < -0.4 is 11.1 Å². The molecule has 0 radical (unpaired) electrons. The van der Waals surface area contributed by atoms with Crippen LogP contribution in [0.1, 0.15) is 38.5 Å². The van der Waals surface area contributed by atoms with Crippen molar-refractivity contribution >= 4 is 5.91 Å². The second-order valence-electron chi connectivity index (χ2n) is 6.13. The summed E-state index contributed by atoms with van der Waals surface area (Å²) in [5, 5.41) is 3.23. The molecule has 0 heterocycles. The number of fused-ring (bicyclic) bond motifs is 2. The highest BCUT2D eigenvalue weighted by atomic mass is 16.5. The van der Waals surface area contributed by atoms with Crippen LogP contribution in [0.5, 0.6) is 0 Å². The third-order valence-corrected chi connectivity index (χ3v) is 4.61. The molecule has 2 aliphatic rings. The molecule has 2 rings (SSSR count). The summed E-state index contributed by atoms with van der Waals surface area (Å²) in [6.07, 6.45) is 6.26. The first-order chi connectivity index (χ1) is 9.70. The summed E-state index contributed by atoms with van der Waals surface area (Å²) < 4.78 is 10.2. The van der Waals surface area contributed by atoms with Gasteiger partial charge < -0.3 is 20.5 Å². The maximum Gasteiger partial charge on any atom is 0.222 e. The zero-order chi connectivity index (χ0) is 14.4. The van der Waals surface area contributed by atoms with Crippen molar-refractivity contribution in [2.45, 2.75) is 50.6 Å². The van der Waals surface area contributed by atoms with E-state index >= 15 is 0 Å². The molecule has 1 amide bonds. The molecule has 2 saturated carbocycles. The zero-order valence-corrected chi connectivity index (χ0v) is 12.5. The van der Waals surface area contributed by atoms with Gasteiger partial charge in [-0.15, -0.1) is 0 Å². The van der Waals surface area contributed by atoms with Gasteiger partial charge in [0.05, 0.1) is 19.8 Å². The standard InChI is InChI=1S/C15H28N2O3/c1-19-7-8-20-6-5-14(18)17-15-11-3-2-4-12(15)10-13(16)9-11/h11-13,15H,2-10,16H2,1H3,(H,17,18). The Morgan fingerprint density at radius 2 is 1.90 bits per heavy atom. The molecule has 0 saturated heterocycles. The molecule has 0 aromatic rings. The van der Waals surface area contributed by atoms with Crippen molar-refractivity contribution in [2.75, 3.05) is 26.9 Å². The van der Waals surface area contributed by atoms with Gasteiger partial charge >= 0.3 is 0 Å². The van der Waals surface area contributed by atoms with E-state index in [0.29, 0.717) is 50.2 Å². The molecule has 0 aromatic heterocycles. The van der Waals surface area contributed by atoms with E-state index in [1.54, 1.807) is 7.11 Å². The van der Waals surface area contributed by atoms with Gasteiger partial charge in [-0.2, -0.15) is 0 Å². The smallest absolute Gasteiger partial charge is 0.222 e. The summed E-state index contributed by atoms with van der Waals surface area (Å²) in [5.74, 6) is 1.27. The molecular weight excluding hydrogens is 256 g/mol. The second-order valence-corrected chi connectivity index (χ2v) is 6.13. The largest absolute Gasteiger partial charge is 0.382 e. The molecule has 0 aromatic carbocycles. The molecule has 5 nitrogen and oxygen atoms in total. The summed E-state index contributed by atoms with van der Waals surface area (Å²) in [4.78, 5) is 12.0. The van der Waals surface area contributed by atoms with Crippen molar-refractivity contribution in [3.05, 3.63) is 0 Å². The third-order valence-electron chi connectivity index (χ3n) is 4.61. The van der Waals surface area contributed by atoms with Crippen LogP contribution in [0.2, 0.25) is 0 Å². The quantitative estimate of drug-likeness (QED) is 0.686. The highest BCUT2D eigenvalue weighted by molar-refractivity contribution is 5.76. The molecule has 116 valence electrons. The number of carbonyl (C=O) groups excluding carboxylic acids is 1. The third kappa shape index (κ3) is 4.43. The minimum Gasteiger partial charge on any atom is -0.382 e. The number of amides is 1. The number of nitrogens with two attached hydrogens (primary N) is 1. The molecule has 2 aliphatic carbocycles. The van der Waals surface area contributed by atoms with Gasteiger partial charge in [-0.25, -0.2) is 0 Å².